The van der Waals surface area contributed by atoms with Crippen molar-refractivity contribution in [3.63, 3.8) is 0 Å². The van der Waals surface area contributed by atoms with Gasteiger partial charge >= 0.3 is 0 Å². The molecule has 0 aromatic rings. The third kappa shape index (κ3) is 28.0. The first-order chi connectivity index (χ1) is 14.9. The van der Waals surface area contributed by atoms with Crippen LogP contribution in [0.15, 0.2) is 0 Å². The fourth-order valence-corrected chi connectivity index (χ4v) is 4.63. The van der Waals surface area contributed by atoms with Crippen molar-refractivity contribution in [2.75, 3.05) is 0 Å². The molecule has 0 bridgehead atoms. The molecule has 0 heteroatoms. The van der Waals surface area contributed by atoms with Crippen molar-refractivity contribution in [3.05, 3.63) is 6.42 Å². The van der Waals surface area contributed by atoms with Gasteiger partial charge in [0.1, 0.15) is 0 Å². The standard InChI is InChI=1S/C30H61/c1-3-5-7-9-11-13-15-17-19-21-23-25-27-29-30-28-26-24-22-20-18-16-14-12-10-8-6-4-2/h5H,3-4,6-30H2,1-2H3. The van der Waals surface area contributed by atoms with E-state index < -0.39 is 0 Å². The average Bonchev–Trinajstić information content (AvgIpc) is 2.76. The van der Waals surface area contributed by atoms with Crippen LogP contribution in [0.5, 0.6) is 0 Å². The van der Waals surface area contributed by atoms with Gasteiger partial charge in [0.25, 0.3) is 0 Å². The molecule has 30 heavy (non-hydrogen) atoms. The van der Waals surface area contributed by atoms with E-state index in [-0.39, 0.29) is 0 Å². The van der Waals surface area contributed by atoms with E-state index in [0.717, 1.165) is 0 Å². The summed E-state index contributed by atoms with van der Waals surface area (Å²) in [7, 11) is 0. The van der Waals surface area contributed by atoms with Gasteiger partial charge in [-0.15, -0.1) is 0 Å². The minimum Gasteiger partial charge on any atom is -0.0654 e. The van der Waals surface area contributed by atoms with E-state index in [4.69, 9.17) is 0 Å². The third-order valence-corrected chi connectivity index (χ3v) is 6.80. The van der Waals surface area contributed by atoms with Gasteiger partial charge in [0, 0.05) is 0 Å². The molecule has 0 amide bonds. The van der Waals surface area contributed by atoms with Crippen molar-refractivity contribution in [1.82, 2.24) is 0 Å². The van der Waals surface area contributed by atoms with Crippen LogP contribution in [0.3, 0.4) is 0 Å². The zero-order valence-electron chi connectivity index (χ0n) is 21.7. The Morgan fingerprint density at radius 1 is 0.300 bits per heavy atom. The lowest BCUT2D eigenvalue weighted by atomic mass is 10.0. The van der Waals surface area contributed by atoms with E-state index in [0.29, 0.717) is 0 Å². The van der Waals surface area contributed by atoms with Gasteiger partial charge in [-0.2, -0.15) is 0 Å². The lowest BCUT2D eigenvalue weighted by molar-refractivity contribution is 0.516. The molecule has 0 saturated carbocycles. The van der Waals surface area contributed by atoms with E-state index in [2.05, 4.69) is 20.3 Å². The molecule has 0 rings (SSSR count). The summed E-state index contributed by atoms with van der Waals surface area (Å²) in [6.45, 7) is 4.55. The second kappa shape index (κ2) is 29.0. The Hall–Kier alpha value is 0. The molecule has 0 aliphatic rings. The summed E-state index contributed by atoms with van der Waals surface area (Å²) < 4.78 is 0. The summed E-state index contributed by atoms with van der Waals surface area (Å²) in [5.74, 6) is 0. The van der Waals surface area contributed by atoms with Crippen LogP contribution >= 0.6 is 0 Å². The van der Waals surface area contributed by atoms with Gasteiger partial charge in [-0.3, -0.25) is 0 Å². The van der Waals surface area contributed by atoms with Gasteiger partial charge in [-0.25, -0.2) is 0 Å². The monoisotopic (exact) mass is 421 g/mol. The average molecular weight is 422 g/mol. The Bertz CT molecular complexity index is 241. The minimum atomic E-state index is 1.25. The molecule has 0 unspecified atom stereocenters. The normalized spacial score (nSPS) is 11.4. The van der Waals surface area contributed by atoms with E-state index in [1.165, 1.54) is 173 Å². The van der Waals surface area contributed by atoms with Crippen molar-refractivity contribution >= 4 is 0 Å². The quantitative estimate of drug-likeness (QED) is 0.116. The molecule has 181 valence electrons. The lowest BCUT2D eigenvalue weighted by Gasteiger charge is -2.04. The number of hydrogen-bond donors (Lipinski definition) is 0. The summed E-state index contributed by atoms with van der Waals surface area (Å²) in [5.41, 5.74) is 0. The number of rotatable bonds is 27. The third-order valence-electron chi connectivity index (χ3n) is 6.80. The summed E-state index contributed by atoms with van der Waals surface area (Å²) >= 11 is 0. The van der Waals surface area contributed by atoms with Crippen LogP contribution in [-0.2, 0) is 0 Å². The summed E-state index contributed by atoms with van der Waals surface area (Å²) in [5, 5.41) is 0. The largest absolute Gasteiger partial charge is 0.0654 e. The van der Waals surface area contributed by atoms with Gasteiger partial charge < -0.3 is 0 Å². The highest BCUT2D eigenvalue weighted by atomic mass is 14.0. The highest BCUT2D eigenvalue weighted by Gasteiger charge is 1.96. The van der Waals surface area contributed by atoms with Crippen LogP contribution in [0.2, 0.25) is 0 Å². The van der Waals surface area contributed by atoms with Gasteiger partial charge in [-0.05, 0) is 6.42 Å². The van der Waals surface area contributed by atoms with Crippen molar-refractivity contribution in [2.24, 2.45) is 0 Å². The first-order valence-electron chi connectivity index (χ1n) is 14.7. The van der Waals surface area contributed by atoms with Gasteiger partial charge in [0.05, 0.1) is 0 Å². The second-order valence-electron chi connectivity index (χ2n) is 9.97. The van der Waals surface area contributed by atoms with Gasteiger partial charge in [0.2, 0.25) is 0 Å². The predicted molar refractivity (Wildman–Crippen MR) is 140 cm³/mol. The molecule has 0 atom stereocenters. The van der Waals surface area contributed by atoms with Gasteiger partial charge in [-0.1, -0.05) is 187 Å². The number of unbranched alkanes of at least 4 members (excludes halogenated alkanes) is 27. The first kappa shape index (κ1) is 30.0. The molecule has 0 heterocycles. The van der Waals surface area contributed by atoms with Crippen LogP contribution in [0, 0.1) is 6.42 Å². The van der Waals surface area contributed by atoms with Crippen molar-refractivity contribution in [2.45, 2.75) is 187 Å². The zero-order chi connectivity index (χ0) is 21.8. The Kier molecular flexibility index (Phi) is 29.0. The molecule has 0 N–H and O–H groups in total. The van der Waals surface area contributed by atoms with Crippen LogP contribution < -0.4 is 0 Å². The van der Waals surface area contributed by atoms with Crippen molar-refractivity contribution in [3.8, 4) is 0 Å². The molecular weight excluding hydrogens is 360 g/mol. The Morgan fingerprint density at radius 2 is 0.533 bits per heavy atom. The second-order valence-corrected chi connectivity index (χ2v) is 9.97. The SMILES string of the molecule is CC[CH]CCCCCCCCCCCCCCCCCCCCCCCCCCC. The summed E-state index contributed by atoms with van der Waals surface area (Å²) in [4.78, 5) is 0. The van der Waals surface area contributed by atoms with Gasteiger partial charge in [0.15, 0.2) is 0 Å². The Balaban J connectivity index is 2.97. The first-order valence-corrected chi connectivity index (χ1v) is 14.7. The molecule has 0 aromatic carbocycles. The summed E-state index contributed by atoms with van der Waals surface area (Å²) in [6.07, 6.45) is 41.9. The van der Waals surface area contributed by atoms with E-state index in [9.17, 15) is 0 Å². The Morgan fingerprint density at radius 3 is 0.767 bits per heavy atom. The molecule has 1 radical (unpaired) electrons. The minimum absolute atomic E-state index is 1.25. The maximum absolute atomic E-state index is 2.43. The molecule has 0 spiro atoms. The maximum Gasteiger partial charge on any atom is -0.0389 e. The number of hydrogen-bond acceptors (Lipinski definition) is 0. The summed E-state index contributed by atoms with van der Waals surface area (Å²) in [6, 6.07) is 0. The Labute approximate surface area is 193 Å². The van der Waals surface area contributed by atoms with Crippen LogP contribution in [0.4, 0.5) is 0 Å². The molecule has 0 aliphatic carbocycles. The molecule has 0 saturated heterocycles. The predicted octanol–water partition coefficient (Wildman–Crippen LogP) is 11.8. The fourth-order valence-electron chi connectivity index (χ4n) is 4.63. The molecule has 0 nitrogen and oxygen atoms in total. The topological polar surface area (TPSA) is 0 Å². The van der Waals surface area contributed by atoms with Crippen LogP contribution in [0.25, 0.3) is 0 Å². The lowest BCUT2D eigenvalue weighted by Crippen LogP contribution is -1.85. The van der Waals surface area contributed by atoms with E-state index in [1.54, 1.807) is 0 Å². The van der Waals surface area contributed by atoms with Crippen LogP contribution in [-0.4, -0.2) is 0 Å². The molecular formula is C30H61. The molecule has 0 aliphatic heterocycles. The highest BCUT2D eigenvalue weighted by molar-refractivity contribution is 4.60. The highest BCUT2D eigenvalue weighted by Crippen LogP contribution is 2.16. The maximum atomic E-state index is 2.43. The van der Waals surface area contributed by atoms with Crippen LogP contribution in [0.1, 0.15) is 187 Å². The smallest absolute Gasteiger partial charge is 0.0389 e. The van der Waals surface area contributed by atoms with E-state index in [1.807, 2.05) is 0 Å². The van der Waals surface area contributed by atoms with E-state index >= 15 is 0 Å². The molecule has 0 fully saturated rings. The van der Waals surface area contributed by atoms with Crippen molar-refractivity contribution < 1.29 is 0 Å². The van der Waals surface area contributed by atoms with Crippen molar-refractivity contribution in [1.29, 1.82) is 0 Å². The zero-order valence-corrected chi connectivity index (χ0v) is 21.7. The molecule has 0 aromatic heterocycles. The fraction of sp³-hybridized carbons (Fsp3) is 0.967.